The summed E-state index contributed by atoms with van der Waals surface area (Å²) in [5.41, 5.74) is 2.72. The summed E-state index contributed by atoms with van der Waals surface area (Å²) in [6.45, 7) is 6.43. The third kappa shape index (κ3) is 7.34. The van der Waals surface area contributed by atoms with E-state index in [-0.39, 0.29) is 12.4 Å². The Hall–Kier alpha value is -1.26. The number of hydrogen-bond acceptors (Lipinski definition) is 2. The third-order valence-corrected chi connectivity index (χ3v) is 5.15. The number of aromatic nitrogens is 2. The second-order valence-electron chi connectivity index (χ2n) is 7.20. The maximum Gasteiger partial charge on any atom is 0.204 e. The van der Waals surface area contributed by atoms with Crippen molar-refractivity contribution in [2.75, 3.05) is 6.61 Å². The summed E-state index contributed by atoms with van der Waals surface area (Å²) in [5.74, 6) is 0. The van der Waals surface area contributed by atoms with E-state index in [9.17, 15) is 0 Å². The van der Waals surface area contributed by atoms with Crippen molar-refractivity contribution in [3.05, 3.63) is 29.9 Å². The Morgan fingerprint density at radius 3 is 1.85 bits per heavy atom. The van der Waals surface area contributed by atoms with Gasteiger partial charge in [-0.05, 0) is 25.5 Å². The highest BCUT2D eigenvalue weighted by molar-refractivity contribution is 5.85. The van der Waals surface area contributed by atoms with Gasteiger partial charge >= 0.3 is 0 Å². The molecular formula is C22H38ClN3O. The number of fused-ring (bicyclic) bond motifs is 1. The van der Waals surface area contributed by atoms with E-state index >= 15 is 0 Å². The fourth-order valence-corrected chi connectivity index (χ4v) is 3.59. The van der Waals surface area contributed by atoms with Crippen molar-refractivity contribution in [2.45, 2.75) is 91.3 Å². The van der Waals surface area contributed by atoms with Gasteiger partial charge in [-0.25, -0.2) is 0 Å². The SMILES string of the molecule is CCCCCCCCCCCCOCn1c(=N)n(CC)c2ccccc21.Cl. The lowest BCUT2D eigenvalue weighted by Crippen LogP contribution is -2.25. The first-order valence-electron chi connectivity index (χ1n) is 10.6. The van der Waals surface area contributed by atoms with E-state index in [1.54, 1.807) is 0 Å². The van der Waals surface area contributed by atoms with E-state index in [0.717, 1.165) is 30.6 Å². The first kappa shape index (κ1) is 23.8. The van der Waals surface area contributed by atoms with Crippen molar-refractivity contribution in [3.8, 4) is 0 Å². The maximum atomic E-state index is 8.37. The topological polar surface area (TPSA) is 42.9 Å². The number of nitrogens with one attached hydrogen (secondary N) is 1. The average Bonchev–Trinajstić information content (AvgIpc) is 2.93. The molecule has 0 saturated heterocycles. The number of unbranched alkanes of at least 4 members (excludes halogenated alkanes) is 9. The Balaban J connectivity index is 0.00000364. The molecule has 0 aliphatic heterocycles. The van der Waals surface area contributed by atoms with Crippen LogP contribution in [0.15, 0.2) is 24.3 Å². The number of hydrogen-bond donors (Lipinski definition) is 1. The van der Waals surface area contributed by atoms with Crippen molar-refractivity contribution in [2.24, 2.45) is 0 Å². The zero-order chi connectivity index (χ0) is 18.6. The largest absolute Gasteiger partial charge is 0.361 e. The minimum absolute atomic E-state index is 0. The van der Waals surface area contributed by atoms with Crippen molar-refractivity contribution >= 4 is 23.4 Å². The Morgan fingerprint density at radius 1 is 0.778 bits per heavy atom. The minimum Gasteiger partial charge on any atom is -0.361 e. The van der Waals surface area contributed by atoms with Gasteiger partial charge in [0.2, 0.25) is 5.62 Å². The molecule has 1 heterocycles. The van der Waals surface area contributed by atoms with Crippen LogP contribution in [0, 0.1) is 5.41 Å². The summed E-state index contributed by atoms with van der Waals surface area (Å²) in [6, 6.07) is 8.21. The molecular weight excluding hydrogens is 358 g/mol. The molecule has 2 rings (SSSR count). The second kappa shape index (κ2) is 13.8. The standard InChI is InChI=1S/C22H37N3O.ClH/c1-3-5-6-7-8-9-10-11-12-15-18-26-19-25-21-17-14-13-16-20(21)24(4-2)22(25)23;/h13-14,16-17,23H,3-12,15,18-19H2,1-2H3;1H. The molecule has 5 heteroatoms. The van der Waals surface area contributed by atoms with Gasteiger partial charge < -0.3 is 9.30 Å². The Bertz CT molecular complexity index is 692. The predicted molar refractivity (Wildman–Crippen MR) is 117 cm³/mol. The molecule has 0 atom stereocenters. The van der Waals surface area contributed by atoms with Crippen molar-refractivity contribution in [3.63, 3.8) is 0 Å². The highest BCUT2D eigenvalue weighted by Crippen LogP contribution is 2.13. The van der Waals surface area contributed by atoms with Crippen LogP contribution in [0.4, 0.5) is 0 Å². The lowest BCUT2D eigenvalue weighted by atomic mass is 10.1. The highest BCUT2D eigenvalue weighted by atomic mass is 35.5. The van der Waals surface area contributed by atoms with Crippen LogP contribution in [0.1, 0.15) is 78.1 Å². The van der Waals surface area contributed by atoms with Crippen molar-refractivity contribution in [1.82, 2.24) is 9.13 Å². The molecule has 0 unspecified atom stereocenters. The third-order valence-electron chi connectivity index (χ3n) is 5.15. The number of rotatable bonds is 14. The second-order valence-corrected chi connectivity index (χ2v) is 7.20. The van der Waals surface area contributed by atoms with E-state index in [2.05, 4.69) is 26.0 Å². The normalized spacial score (nSPS) is 11.0. The summed E-state index contributed by atoms with van der Waals surface area (Å²) in [6.07, 6.45) is 13.4. The van der Waals surface area contributed by atoms with E-state index < -0.39 is 0 Å². The van der Waals surface area contributed by atoms with Crippen LogP contribution in [0.5, 0.6) is 0 Å². The van der Waals surface area contributed by atoms with Gasteiger partial charge in [0.25, 0.3) is 0 Å². The van der Waals surface area contributed by atoms with Gasteiger partial charge in [0.15, 0.2) is 0 Å². The average molecular weight is 396 g/mol. The van der Waals surface area contributed by atoms with Gasteiger partial charge in [-0.1, -0.05) is 76.8 Å². The summed E-state index contributed by atoms with van der Waals surface area (Å²) < 4.78 is 9.86. The van der Waals surface area contributed by atoms with Gasteiger partial charge in [0, 0.05) is 13.2 Å². The molecule has 0 bridgehead atoms. The van der Waals surface area contributed by atoms with Crippen LogP contribution in [0.3, 0.4) is 0 Å². The van der Waals surface area contributed by atoms with E-state index in [1.165, 1.54) is 57.8 Å². The smallest absolute Gasteiger partial charge is 0.204 e. The van der Waals surface area contributed by atoms with Crippen molar-refractivity contribution < 1.29 is 4.74 Å². The predicted octanol–water partition coefficient (Wildman–Crippen LogP) is 6.26. The number of nitrogens with zero attached hydrogens (tertiary/aromatic N) is 2. The van der Waals surface area contributed by atoms with Gasteiger partial charge in [0.1, 0.15) is 6.73 Å². The minimum atomic E-state index is 0. The molecule has 2 aromatic rings. The quantitative estimate of drug-likeness (QED) is 0.377. The lowest BCUT2D eigenvalue weighted by molar-refractivity contribution is 0.0729. The van der Waals surface area contributed by atoms with Crippen LogP contribution >= 0.6 is 12.4 Å². The highest BCUT2D eigenvalue weighted by Gasteiger charge is 2.08. The number of para-hydroxylation sites is 2. The Morgan fingerprint density at radius 2 is 1.30 bits per heavy atom. The maximum absolute atomic E-state index is 8.37. The number of imidazole rings is 1. The first-order chi connectivity index (χ1) is 12.8. The van der Waals surface area contributed by atoms with Crippen LogP contribution in [-0.2, 0) is 18.0 Å². The van der Waals surface area contributed by atoms with Crippen LogP contribution in [-0.4, -0.2) is 15.7 Å². The van der Waals surface area contributed by atoms with Gasteiger partial charge in [-0.15, -0.1) is 12.4 Å². The van der Waals surface area contributed by atoms with Gasteiger partial charge in [0.05, 0.1) is 11.0 Å². The first-order valence-corrected chi connectivity index (χ1v) is 10.6. The number of benzene rings is 1. The van der Waals surface area contributed by atoms with Crippen LogP contribution in [0.2, 0.25) is 0 Å². The molecule has 27 heavy (non-hydrogen) atoms. The molecule has 1 aromatic carbocycles. The molecule has 1 aromatic heterocycles. The summed E-state index contributed by atoms with van der Waals surface area (Å²) in [7, 11) is 0. The van der Waals surface area contributed by atoms with Gasteiger partial charge in [-0.2, -0.15) is 0 Å². The molecule has 1 N–H and O–H groups in total. The Labute approximate surface area is 170 Å². The molecule has 154 valence electrons. The molecule has 0 fully saturated rings. The molecule has 0 aliphatic carbocycles. The van der Waals surface area contributed by atoms with Crippen LogP contribution in [0.25, 0.3) is 11.0 Å². The lowest BCUT2D eigenvalue weighted by Gasteiger charge is -2.07. The van der Waals surface area contributed by atoms with Gasteiger partial charge in [-0.3, -0.25) is 9.98 Å². The molecule has 0 saturated carbocycles. The molecule has 0 spiro atoms. The van der Waals surface area contributed by atoms with E-state index in [1.807, 2.05) is 21.3 Å². The Kier molecular flexibility index (Phi) is 12.2. The van der Waals surface area contributed by atoms with Crippen molar-refractivity contribution in [1.29, 1.82) is 5.41 Å². The van der Waals surface area contributed by atoms with E-state index in [0.29, 0.717) is 12.3 Å². The summed E-state index contributed by atoms with van der Waals surface area (Å²) >= 11 is 0. The fourth-order valence-electron chi connectivity index (χ4n) is 3.59. The fraction of sp³-hybridized carbons (Fsp3) is 0.682. The van der Waals surface area contributed by atoms with Crippen LogP contribution < -0.4 is 5.62 Å². The molecule has 0 radical (unpaired) electrons. The molecule has 0 aliphatic rings. The molecule has 4 nitrogen and oxygen atoms in total. The molecule has 0 amide bonds. The zero-order valence-corrected chi connectivity index (χ0v) is 18.0. The summed E-state index contributed by atoms with van der Waals surface area (Å²) in [4.78, 5) is 0. The number of ether oxygens (including phenoxy) is 1. The zero-order valence-electron chi connectivity index (χ0n) is 17.2. The summed E-state index contributed by atoms with van der Waals surface area (Å²) in [5, 5.41) is 8.37. The number of halogens is 1. The number of aryl methyl sites for hydroxylation is 1. The van der Waals surface area contributed by atoms with E-state index in [4.69, 9.17) is 10.1 Å². The monoisotopic (exact) mass is 395 g/mol.